The Morgan fingerprint density at radius 3 is 2.21 bits per heavy atom. The van der Waals surface area contributed by atoms with Gasteiger partial charge in [-0.15, -0.1) is 0 Å². The van der Waals surface area contributed by atoms with Crippen molar-refractivity contribution in [1.29, 1.82) is 0 Å². The molecule has 9 rings (SSSR count). The monoisotopic (exact) mass is 790 g/mol. The number of likely N-dealkylation sites (tertiary alicyclic amines) is 1. The number of amides is 2. The highest BCUT2D eigenvalue weighted by atomic mass is 19.3. The molecule has 2 saturated carbocycles. The van der Waals surface area contributed by atoms with Crippen LogP contribution in [0.1, 0.15) is 116 Å². The normalized spacial score (nSPS) is 21.3. The lowest BCUT2D eigenvalue weighted by Gasteiger charge is -2.35. The second kappa shape index (κ2) is 13.4. The summed E-state index contributed by atoms with van der Waals surface area (Å²) in [6.07, 6.45) is 6.95. The molecule has 5 aromatic rings. The Hall–Kier alpha value is -5.26. The van der Waals surface area contributed by atoms with Gasteiger partial charge in [0.2, 0.25) is 0 Å². The van der Waals surface area contributed by atoms with E-state index >= 15 is 8.78 Å². The van der Waals surface area contributed by atoms with E-state index in [1.54, 1.807) is 35.4 Å². The van der Waals surface area contributed by atoms with E-state index in [1.165, 1.54) is 0 Å². The van der Waals surface area contributed by atoms with Crippen LogP contribution in [0.3, 0.4) is 0 Å². The molecule has 2 amide bonds. The van der Waals surface area contributed by atoms with Crippen LogP contribution in [0.25, 0.3) is 44.5 Å². The minimum absolute atomic E-state index is 0.0410. The van der Waals surface area contributed by atoms with E-state index in [-0.39, 0.29) is 41.3 Å². The van der Waals surface area contributed by atoms with Crippen LogP contribution in [0.4, 0.5) is 18.4 Å². The predicted octanol–water partition coefficient (Wildman–Crippen LogP) is 11.1. The average Bonchev–Trinajstić information content (AvgIpc) is 3.67. The van der Waals surface area contributed by atoms with Crippen molar-refractivity contribution in [2.45, 2.75) is 123 Å². The van der Waals surface area contributed by atoms with Gasteiger partial charge in [-0.1, -0.05) is 37.3 Å². The minimum Gasteiger partial charge on any atom is -0.444 e. The van der Waals surface area contributed by atoms with Crippen molar-refractivity contribution in [2.75, 3.05) is 6.54 Å². The van der Waals surface area contributed by atoms with Gasteiger partial charge in [-0.3, -0.25) is 4.90 Å². The molecule has 58 heavy (non-hydrogen) atoms. The molecule has 1 saturated heterocycles. The first kappa shape index (κ1) is 38.3. The van der Waals surface area contributed by atoms with Crippen LogP contribution in [-0.4, -0.2) is 65.7 Å². The SMILES string of the molecule is CCC1(CN(Cc2ncc(-c3ccc4c(c3)C(F)(F)c3cc(-c5ccc6nc([C@@H]7[C@H]8CC[C@H](C8)N7C(=O)OC(C)(C)C)[nH]c6c5)ccc3-4)[nH]2)C(=O)OC(C)(C)C)CC1. The summed E-state index contributed by atoms with van der Waals surface area (Å²) in [5, 5.41) is 0. The lowest BCUT2D eigenvalue weighted by Crippen LogP contribution is -2.43. The molecule has 3 heterocycles. The summed E-state index contributed by atoms with van der Waals surface area (Å²) in [4.78, 5) is 46.4. The third kappa shape index (κ3) is 6.91. The Morgan fingerprint density at radius 2 is 1.53 bits per heavy atom. The summed E-state index contributed by atoms with van der Waals surface area (Å²) in [6.45, 7) is 14.1. The van der Waals surface area contributed by atoms with E-state index in [9.17, 15) is 9.59 Å². The molecule has 10 nitrogen and oxygen atoms in total. The number of fused-ring (bicyclic) bond motifs is 6. The fraction of sp³-hybridized carbons (Fsp3) is 0.478. The molecule has 3 aromatic carbocycles. The number of carbonyl (C=O) groups excluding carboxylic acids is 2. The molecular formula is C46H52F2N6O4. The van der Waals surface area contributed by atoms with Crippen molar-refractivity contribution in [1.82, 2.24) is 29.7 Å². The van der Waals surface area contributed by atoms with Crippen molar-refractivity contribution in [3.8, 4) is 33.5 Å². The zero-order valence-electron chi connectivity index (χ0n) is 34.3. The minimum atomic E-state index is -3.23. The third-order valence-corrected chi connectivity index (χ3v) is 12.5. The van der Waals surface area contributed by atoms with Gasteiger partial charge in [0.05, 0.1) is 35.5 Å². The summed E-state index contributed by atoms with van der Waals surface area (Å²) < 4.78 is 44.5. The van der Waals surface area contributed by atoms with Crippen LogP contribution in [0.2, 0.25) is 0 Å². The van der Waals surface area contributed by atoms with Gasteiger partial charge in [0.1, 0.15) is 22.9 Å². The maximum Gasteiger partial charge on any atom is 0.411 e. The fourth-order valence-corrected chi connectivity index (χ4v) is 9.32. The van der Waals surface area contributed by atoms with E-state index < -0.39 is 23.2 Å². The van der Waals surface area contributed by atoms with Gasteiger partial charge < -0.3 is 24.3 Å². The number of aromatic amines is 2. The Labute approximate surface area is 337 Å². The summed E-state index contributed by atoms with van der Waals surface area (Å²) in [7, 11) is 0. The first-order valence-corrected chi connectivity index (χ1v) is 20.6. The average molecular weight is 791 g/mol. The van der Waals surface area contributed by atoms with Gasteiger partial charge in [-0.2, -0.15) is 8.78 Å². The Balaban J connectivity index is 0.954. The second-order valence-electron chi connectivity index (χ2n) is 18.9. The molecule has 2 bridgehead atoms. The number of imidazole rings is 2. The molecule has 304 valence electrons. The van der Waals surface area contributed by atoms with Gasteiger partial charge in [0, 0.05) is 29.3 Å². The quantitative estimate of drug-likeness (QED) is 0.162. The third-order valence-electron chi connectivity index (χ3n) is 12.5. The number of hydrogen-bond donors (Lipinski definition) is 2. The number of aromatic nitrogens is 4. The molecule has 2 N–H and O–H groups in total. The highest BCUT2D eigenvalue weighted by Gasteiger charge is 2.51. The number of nitrogens with one attached hydrogen (secondary N) is 2. The first-order chi connectivity index (χ1) is 27.4. The Kier molecular flexibility index (Phi) is 8.83. The predicted molar refractivity (Wildman–Crippen MR) is 218 cm³/mol. The number of carbonyl (C=O) groups is 2. The molecule has 0 radical (unpaired) electrons. The van der Waals surface area contributed by atoms with E-state index in [2.05, 4.69) is 21.9 Å². The fourth-order valence-electron chi connectivity index (χ4n) is 9.32. The summed E-state index contributed by atoms with van der Waals surface area (Å²) in [5.41, 5.74) is 3.93. The maximum absolute atomic E-state index is 16.5. The van der Waals surface area contributed by atoms with Gasteiger partial charge in [0.15, 0.2) is 0 Å². The number of halogens is 2. The van der Waals surface area contributed by atoms with E-state index in [1.807, 2.05) is 76.8 Å². The van der Waals surface area contributed by atoms with Crippen LogP contribution < -0.4 is 0 Å². The van der Waals surface area contributed by atoms with Crippen LogP contribution in [0.5, 0.6) is 0 Å². The molecule has 1 aliphatic heterocycles. The maximum atomic E-state index is 16.5. The number of benzene rings is 3. The number of H-pyrrole nitrogens is 2. The number of hydrogen-bond acceptors (Lipinski definition) is 6. The highest BCUT2D eigenvalue weighted by molar-refractivity contribution is 5.87. The lowest BCUT2D eigenvalue weighted by molar-refractivity contribution is 0.00614. The first-order valence-electron chi connectivity index (χ1n) is 20.6. The molecule has 3 atom stereocenters. The summed E-state index contributed by atoms with van der Waals surface area (Å²) in [5.74, 6) is -1.65. The largest absolute Gasteiger partial charge is 0.444 e. The van der Waals surface area contributed by atoms with E-state index in [4.69, 9.17) is 14.5 Å². The van der Waals surface area contributed by atoms with Crippen molar-refractivity contribution in [2.24, 2.45) is 11.3 Å². The van der Waals surface area contributed by atoms with Crippen molar-refractivity contribution in [3.63, 3.8) is 0 Å². The Bertz CT molecular complexity index is 2440. The van der Waals surface area contributed by atoms with E-state index in [0.29, 0.717) is 46.2 Å². The molecule has 0 spiro atoms. The number of ether oxygens (including phenoxy) is 2. The zero-order chi connectivity index (χ0) is 40.9. The second-order valence-corrected chi connectivity index (χ2v) is 18.9. The zero-order valence-corrected chi connectivity index (χ0v) is 34.3. The number of piperidine rings is 1. The standard InChI is InChI=1S/C46H52F2N6O4/c1-8-45(17-18-45)25-53(41(55)57-43(2,3)4)24-38-49-23-37(50-38)28-11-15-32-31-14-10-26(20-33(31)46(47,48)34(32)21-28)27-12-16-35-36(22-27)52-40(51-35)39-29-9-13-30(19-29)54(39)42(56)58-44(5,6)7/h10-12,14-16,20-23,29-30,39H,8-9,13,17-19,24-25H2,1-7H3,(H,49,50)(H,51,52)/t29-,30+,39-/m0/s1. The molecule has 12 heteroatoms. The van der Waals surface area contributed by atoms with Gasteiger partial charge in [-0.05, 0) is 138 Å². The molecule has 3 fully saturated rings. The van der Waals surface area contributed by atoms with Crippen molar-refractivity contribution < 1.29 is 27.8 Å². The topological polar surface area (TPSA) is 116 Å². The molecule has 2 aromatic heterocycles. The number of nitrogens with zero attached hydrogens (tertiary/aromatic N) is 4. The molecule has 0 unspecified atom stereocenters. The van der Waals surface area contributed by atoms with Crippen molar-refractivity contribution >= 4 is 23.2 Å². The Morgan fingerprint density at radius 1 is 0.879 bits per heavy atom. The number of rotatable bonds is 8. The van der Waals surface area contributed by atoms with Gasteiger partial charge in [0.25, 0.3) is 5.92 Å². The van der Waals surface area contributed by atoms with Gasteiger partial charge in [-0.25, -0.2) is 19.6 Å². The van der Waals surface area contributed by atoms with Crippen LogP contribution in [0.15, 0.2) is 60.8 Å². The molecule has 4 aliphatic rings. The highest BCUT2D eigenvalue weighted by Crippen LogP contribution is 2.54. The molecule has 3 aliphatic carbocycles. The molecular weight excluding hydrogens is 739 g/mol. The lowest BCUT2D eigenvalue weighted by atomic mass is 9.98. The summed E-state index contributed by atoms with van der Waals surface area (Å²) in [6, 6.07) is 16.1. The van der Waals surface area contributed by atoms with Gasteiger partial charge >= 0.3 is 12.2 Å². The van der Waals surface area contributed by atoms with Crippen LogP contribution >= 0.6 is 0 Å². The van der Waals surface area contributed by atoms with Crippen molar-refractivity contribution in [3.05, 3.63) is 83.6 Å². The van der Waals surface area contributed by atoms with E-state index in [0.717, 1.165) is 60.9 Å². The van der Waals surface area contributed by atoms with Crippen LogP contribution in [-0.2, 0) is 21.9 Å². The van der Waals surface area contributed by atoms with Crippen LogP contribution in [0, 0.1) is 11.3 Å². The summed E-state index contributed by atoms with van der Waals surface area (Å²) >= 11 is 0. The smallest absolute Gasteiger partial charge is 0.411 e. The number of alkyl halides is 2.